The molecular weight excluding hydrogens is 262 g/mol. The van der Waals surface area contributed by atoms with Gasteiger partial charge in [0.25, 0.3) is 0 Å². The first kappa shape index (κ1) is 14.0. The predicted molar refractivity (Wildman–Crippen MR) is 83.7 cm³/mol. The molecule has 0 bridgehead atoms. The number of hydrogen-bond acceptors (Lipinski definition) is 4. The molecule has 0 atom stereocenters. The Morgan fingerprint density at radius 1 is 1.19 bits per heavy atom. The number of hydrogen-bond donors (Lipinski definition) is 1. The van der Waals surface area contributed by atoms with E-state index in [0.29, 0.717) is 5.92 Å². The van der Waals surface area contributed by atoms with Crippen LogP contribution in [0.15, 0.2) is 24.7 Å². The third-order valence-electron chi connectivity index (χ3n) is 3.96. The molecule has 1 N–H and O–H groups in total. The van der Waals surface area contributed by atoms with Crippen molar-refractivity contribution < 1.29 is 0 Å². The number of nitrogens with one attached hydrogen (secondary N) is 1. The zero-order valence-corrected chi connectivity index (χ0v) is 13.0. The average Bonchev–Trinajstić information content (AvgIpc) is 3.07. The van der Waals surface area contributed by atoms with Crippen LogP contribution in [0.3, 0.4) is 0 Å². The lowest BCUT2D eigenvalue weighted by molar-refractivity contribution is 0.357. The van der Waals surface area contributed by atoms with Gasteiger partial charge >= 0.3 is 0 Å². The Morgan fingerprint density at radius 2 is 1.95 bits per heavy atom. The minimum Gasteiger partial charge on any atom is -0.324 e. The topological polar surface area (TPSA) is 55.6 Å². The van der Waals surface area contributed by atoms with E-state index < -0.39 is 0 Å². The van der Waals surface area contributed by atoms with Gasteiger partial charge in [0.05, 0.1) is 17.4 Å². The molecule has 3 rings (SSSR count). The number of aromatic nitrogens is 4. The third kappa shape index (κ3) is 3.06. The monoisotopic (exact) mass is 285 g/mol. The summed E-state index contributed by atoms with van der Waals surface area (Å²) in [5, 5.41) is 8.22. The van der Waals surface area contributed by atoms with Gasteiger partial charge in [0.2, 0.25) is 0 Å². The van der Waals surface area contributed by atoms with Gasteiger partial charge in [0.1, 0.15) is 11.6 Å². The van der Waals surface area contributed by atoms with E-state index in [1.54, 1.807) is 18.6 Å². The Morgan fingerprint density at radius 3 is 2.57 bits per heavy atom. The van der Waals surface area contributed by atoms with Gasteiger partial charge in [-0.1, -0.05) is 12.8 Å². The van der Waals surface area contributed by atoms with Gasteiger partial charge in [0.15, 0.2) is 0 Å². The molecular formula is C16H23N5. The van der Waals surface area contributed by atoms with Crippen molar-refractivity contribution in [3.8, 4) is 0 Å². The van der Waals surface area contributed by atoms with Crippen molar-refractivity contribution in [3.63, 3.8) is 0 Å². The van der Waals surface area contributed by atoms with Gasteiger partial charge in [-0.05, 0) is 33.6 Å². The SMILES string of the molecule is CC(C)(C)n1nc(C2CCCC2)cc1Nc1cnccn1. The molecule has 21 heavy (non-hydrogen) atoms. The molecule has 112 valence electrons. The highest BCUT2D eigenvalue weighted by Gasteiger charge is 2.25. The van der Waals surface area contributed by atoms with Gasteiger partial charge in [-0.2, -0.15) is 5.10 Å². The quantitative estimate of drug-likeness (QED) is 0.931. The van der Waals surface area contributed by atoms with Crippen molar-refractivity contribution >= 4 is 11.6 Å². The Bertz CT molecular complexity index is 591. The van der Waals surface area contributed by atoms with E-state index in [1.807, 2.05) is 0 Å². The maximum absolute atomic E-state index is 4.87. The Balaban J connectivity index is 1.93. The molecule has 5 heteroatoms. The van der Waals surface area contributed by atoms with Crippen LogP contribution in [0.4, 0.5) is 11.6 Å². The number of anilines is 2. The molecule has 0 radical (unpaired) electrons. The highest BCUT2D eigenvalue weighted by atomic mass is 15.4. The van der Waals surface area contributed by atoms with Crippen molar-refractivity contribution in [1.82, 2.24) is 19.7 Å². The van der Waals surface area contributed by atoms with Crippen LogP contribution in [-0.4, -0.2) is 19.7 Å². The van der Waals surface area contributed by atoms with E-state index >= 15 is 0 Å². The predicted octanol–water partition coefficient (Wildman–Crippen LogP) is 3.83. The molecule has 1 aliphatic carbocycles. The fourth-order valence-electron chi connectivity index (χ4n) is 2.92. The highest BCUT2D eigenvalue weighted by molar-refractivity contribution is 5.52. The number of rotatable bonds is 3. The van der Waals surface area contributed by atoms with Gasteiger partial charge in [0, 0.05) is 24.4 Å². The molecule has 2 heterocycles. The van der Waals surface area contributed by atoms with Crippen molar-refractivity contribution in [2.75, 3.05) is 5.32 Å². The molecule has 5 nitrogen and oxygen atoms in total. The van der Waals surface area contributed by atoms with E-state index in [2.05, 4.69) is 46.8 Å². The summed E-state index contributed by atoms with van der Waals surface area (Å²) in [5.74, 6) is 2.35. The van der Waals surface area contributed by atoms with E-state index in [0.717, 1.165) is 11.6 Å². The fourth-order valence-corrected chi connectivity index (χ4v) is 2.92. The van der Waals surface area contributed by atoms with Crippen molar-refractivity contribution in [2.45, 2.75) is 57.9 Å². The average molecular weight is 285 g/mol. The molecule has 0 spiro atoms. The van der Waals surface area contributed by atoms with Crippen LogP contribution in [-0.2, 0) is 5.54 Å². The zero-order chi connectivity index (χ0) is 14.9. The summed E-state index contributed by atoms with van der Waals surface area (Å²) in [5.41, 5.74) is 1.13. The second-order valence-corrected chi connectivity index (χ2v) is 6.73. The maximum atomic E-state index is 4.87. The fraction of sp³-hybridized carbons (Fsp3) is 0.562. The van der Waals surface area contributed by atoms with Crippen LogP contribution < -0.4 is 5.32 Å². The summed E-state index contributed by atoms with van der Waals surface area (Å²) in [7, 11) is 0. The van der Waals surface area contributed by atoms with Crippen molar-refractivity contribution in [2.24, 2.45) is 0 Å². The highest BCUT2D eigenvalue weighted by Crippen LogP contribution is 2.36. The molecule has 0 aliphatic heterocycles. The molecule has 0 unspecified atom stereocenters. The van der Waals surface area contributed by atoms with Crippen LogP contribution in [0, 0.1) is 0 Å². The van der Waals surface area contributed by atoms with Crippen LogP contribution >= 0.6 is 0 Å². The molecule has 2 aromatic rings. The van der Waals surface area contributed by atoms with Crippen LogP contribution in [0.2, 0.25) is 0 Å². The summed E-state index contributed by atoms with van der Waals surface area (Å²) < 4.78 is 2.06. The molecule has 1 aliphatic rings. The molecule has 0 amide bonds. The van der Waals surface area contributed by atoms with Gasteiger partial charge in [-0.3, -0.25) is 4.98 Å². The van der Waals surface area contributed by atoms with Gasteiger partial charge in [-0.25, -0.2) is 9.67 Å². The van der Waals surface area contributed by atoms with Crippen LogP contribution in [0.1, 0.15) is 58.1 Å². The standard InChI is InChI=1S/C16H23N5/c1-16(2,3)21-15(19-14-11-17-8-9-18-14)10-13(20-21)12-6-4-5-7-12/h8-12H,4-7H2,1-3H3,(H,18,19). The van der Waals surface area contributed by atoms with E-state index in [-0.39, 0.29) is 5.54 Å². The third-order valence-corrected chi connectivity index (χ3v) is 3.96. The first-order chi connectivity index (χ1) is 10.0. The Kier molecular flexibility index (Phi) is 3.66. The first-order valence-corrected chi connectivity index (χ1v) is 7.67. The largest absolute Gasteiger partial charge is 0.324 e. The summed E-state index contributed by atoms with van der Waals surface area (Å²) in [4.78, 5) is 8.39. The minimum atomic E-state index is -0.0681. The van der Waals surface area contributed by atoms with Crippen molar-refractivity contribution in [1.29, 1.82) is 0 Å². The van der Waals surface area contributed by atoms with Gasteiger partial charge in [-0.15, -0.1) is 0 Å². The second kappa shape index (κ2) is 5.47. The lowest BCUT2D eigenvalue weighted by atomic mass is 10.0. The van der Waals surface area contributed by atoms with E-state index in [9.17, 15) is 0 Å². The normalized spacial score (nSPS) is 16.3. The summed E-state index contributed by atoms with van der Waals surface area (Å²) in [6, 6.07) is 2.18. The van der Waals surface area contributed by atoms with E-state index in [1.165, 1.54) is 31.4 Å². The first-order valence-electron chi connectivity index (χ1n) is 7.67. The Labute approximate surface area is 125 Å². The zero-order valence-electron chi connectivity index (χ0n) is 13.0. The van der Waals surface area contributed by atoms with Gasteiger partial charge < -0.3 is 5.32 Å². The summed E-state index contributed by atoms with van der Waals surface area (Å²) >= 11 is 0. The molecule has 2 aromatic heterocycles. The number of nitrogens with zero attached hydrogens (tertiary/aromatic N) is 4. The Hall–Kier alpha value is -1.91. The molecule has 0 saturated heterocycles. The lowest BCUT2D eigenvalue weighted by Gasteiger charge is -2.22. The van der Waals surface area contributed by atoms with Crippen LogP contribution in [0.25, 0.3) is 0 Å². The molecule has 1 fully saturated rings. The van der Waals surface area contributed by atoms with E-state index in [4.69, 9.17) is 5.10 Å². The van der Waals surface area contributed by atoms with Crippen LogP contribution in [0.5, 0.6) is 0 Å². The van der Waals surface area contributed by atoms with Crippen molar-refractivity contribution in [3.05, 3.63) is 30.4 Å². The molecule has 1 saturated carbocycles. The summed E-state index contributed by atoms with van der Waals surface area (Å²) in [6.45, 7) is 6.50. The molecule has 0 aromatic carbocycles. The summed E-state index contributed by atoms with van der Waals surface area (Å²) in [6.07, 6.45) is 10.3. The maximum Gasteiger partial charge on any atom is 0.150 e. The minimum absolute atomic E-state index is 0.0681. The smallest absolute Gasteiger partial charge is 0.150 e. The second-order valence-electron chi connectivity index (χ2n) is 6.73. The lowest BCUT2D eigenvalue weighted by Crippen LogP contribution is -2.24.